The lowest BCUT2D eigenvalue weighted by molar-refractivity contribution is -0.192. The van der Waals surface area contributed by atoms with Gasteiger partial charge < -0.3 is 4.74 Å². The molecule has 0 aromatic carbocycles. The van der Waals surface area contributed by atoms with Gasteiger partial charge in [-0.25, -0.2) is 0 Å². The molecular weight excluding hydrogens is 440 g/mol. The molecule has 0 aliphatic heterocycles. The molecule has 0 spiro atoms. The molecule has 2 nitrogen and oxygen atoms in total. The Morgan fingerprint density at radius 3 is 2.42 bits per heavy atom. The summed E-state index contributed by atoms with van der Waals surface area (Å²) >= 11 is 0. The lowest BCUT2D eigenvalue weighted by Gasteiger charge is -2.62. The van der Waals surface area contributed by atoms with E-state index in [1.165, 1.54) is 83.5 Å². The molecule has 0 amide bonds. The third-order valence-corrected chi connectivity index (χ3v) is 12.4. The maximum atomic E-state index is 12.9. The van der Waals surface area contributed by atoms with Gasteiger partial charge in [-0.15, -0.1) is 0 Å². The van der Waals surface area contributed by atoms with Crippen LogP contribution in [-0.4, -0.2) is 12.1 Å². The molecule has 4 aliphatic carbocycles. The van der Waals surface area contributed by atoms with E-state index in [9.17, 15) is 4.79 Å². The molecule has 208 valence electrons. The minimum Gasteiger partial charge on any atom is -0.462 e. The van der Waals surface area contributed by atoms with Crippen LogP contribution in [0.15, 0.2) is 0 Å². The van der Waals surface area contributed by atoms with Crippen molar-refractivity contribution in [3.8, 4) is 0 Å². The van der Waals surface area contributed by atoms with Crippen LogP contribution in [0.5, 0.6) is 0 Å². The average molecular weight is 501 g/mol. The quantitative estimate of drug-likeness (QED) is 0.208. The maximum Gasteiger partial charge on any atom is 0.306 e. The van der Waals surface area contributed by atoms with Gasteiger partial charge in [-0.3, -0.25) is 4.79 Å². The SMILES string of the molecule is CCCCCCC(=O)OC1CCC[C@@H]2CC[C@@H]3[C@@H]4CC[C@@H]([C@@H](C)CCCC(C)C)[C@@]4(C)CC[C@@H]3[C@@]12C. The number of unbranched alkanes of at least 4 members (excludes halogenated alkanes) is 3. The number of rotatable bonds is 11. The summed E-state index contributed by atoms with van der Waals surface area (Å²) in [6, 6.07) is 0. The summed E-state index contributed by atoms with van der Waals surface area (Å²) in [5, 5.41) is 0. The van der Waals surface area contributed by atoms with Gasteiger partial charge in [0.1, 0.15) is 6.10 Å². The van der Waals surface area contributed by atoms with E-state index in [-0.39, 0.29) is 17.5 Å². The summed E-state index contributed by atoms with van der Waals surface area (Å²) < 4.78 is 6.41. The second-order valence-corrected chi connectivity index (χ2v) is 14.8. The van der Waals surface area contributed by atoms with Crippen LogP contribution in [-0.2, 0) is 9.53 Å². The van der Waals surface area contributed by atoms with Gasteiger partial charge in [0, 0.05) is 11.8 Å². The van der Waals surface area contributed by atoms with Crippen LogP contribution in [0, 0.1) is 52.3 Å². The molecule has 36 heavy (non-hydrogen) atoms. The van der Waals surface area contributed by atoms with Gasteiger partial charge in [-0.05, 0) is 111 Å². The van der Waals surface area contributed by atoms with Crippen molar-refractivity contribution >= 4 is 5.97 Å². The summed E-state index contributed by atoms with van der Waals surface area (Å²) in [5.41, 5.74) is 0.754. The molecule has 0 heterocycles. The highest BCUT2D eigenvalue weighted by atomic mass is 16.5. The predicted octanol–water partition coefficient (Wildman–Crippen LogP) is 9.99. The molecule has 1 unspecified atom stereocenters. The Balaban J connectivity index is 1.44. The van der Waals surface area contributed by atoms with Crippen molar-refractivity contribution in [2.45, 2.75) is 157 Å². The molecule has 0 radical (unpaired) electrons. The van der Waals surface area contributed by atoms with Crippen molar-refractivity contribution < 1.29 is 9.53 Å². The summed E-state index contributed by atoms with van der Waals surface area (Å²) in [4.78, 5) is 12.9. The zero-order valence-corrected chi connectivity index (χ0v) is 25.0. The van der Waals surface area contributed by atoms with E-state index in [4.69, 9.17) is 4.74 Å². The number of hydrogen-bond donors (Lipinski definition) is 0. The van der Waals surface area contributed by atoms with E-state index < -0.39 is 0 Å². The molecule has 0 bridgehead atoms. The largest absolute Gasteiger partial charge is 0.462 e. The van der Waals surface area contributed by atoms with Gasteiger partial charge in [0.2, 0.25) is 0 Å². The average Bonchev–Trinajstić information content (AvgIpc) is 3.19. The molecule has 0 aromatic rings. The molecule has 0 aromatic heterocycles. The van der Waals surface area contributed by atoms with Crippen molar-refractivity contribution in [2.75, 3.05) is 0 Å². The van der Waals surface area contributed by atoms with E-state index in [1.54, 1.807) is 0 Å². The third-order valence-electron chi connectivity index (χ3n) is 12.4. The summed E-state index contributed by atoms with van der Waals surface area (Å²) in [5.74, 6) is 6.02. The maximum absolute atomic E-state index is 12.9. The standard InChI is InChI=1S/C34H60O2/c1-7-8-9-10-17-32(35)36-31-16-12-15-26-18-19-27-29-21-20-28(25(4)14-11-13-24(2)3)33(29,5)23-22-30(27)34(26,31)6/h24-31H,7-23H2,1-6H3/t25-,26+,27+,28-,29-,30-,31?,33+,34-/m0/s1. The van der Waals surface area contributed by atoms with Gasteiger partial charge in [0.25, 0.3) is 0 Å². The lowest BCUT2D eigenvalue weighted by atomic mass is 9.44. The van der Waals surface area contributed by atoms with Crippen molar-refractivity contribution in [3.05, 3.63) is 0 Å². The second kappa shape index (κ2) is 12.1. The molecule has 0 saturated heterocycles. The smallest absolute Gasteiger partial charge is 0.306 e. The molecule has 0 N–H and O–H groups in total. The van der Waals surface area contributed by atoms with Crippen molar-refractivity contribution in [3.63, 3.8) is 0 Å². The highest BCUT2D eigenvalue weighted by Gasteiger charge is 2.62. The van der Waals surface area contributed by atoms with Gasteiger partial charge in [-0.1, -0.05) is 80.1 Å². The first-order valence-corrected chi connectivity index (χ1v) is 16.4. The minimum atomic E-state index is 0.0944. The molecule has 9 atom stereocenters. The van der Waals surface area contributed by atoms with Gasteiger partial charge in [0.05, 0.1) is 0 Å². The van der Waals surface area contributed by atoms with Crippen LogP contribution < -0.4 is 0 Å². The normalized spacial score (nSPS) is 40.9. The second-order valence-electron chi connectivity index (χ2n) is 14.8. The Morgan fingerprint density at radius 2 is 1.67 bits per heavy atom. The van der Waals surface area contributed by atoms with E-state index >= 15 is 0 Å². The number of carbonyl (C=O) groups is 1. The number of hydrogen-bond acceptors (Lipinski definition) is 2. The summed E-state index contributed by atoms with van der Waals surface area (Å²) in [6.07, 6.45) is 21.9. The highest BCUT2D eigenvalue weighted by Crippen LogP contribution is 2.68. The number of carbonyl (C=O) groups excluding carboxylic acids is 1. The monoisotopic (exact) mass is 500 g/mol. The Labute approximate surface area is 224 Å². The van der Waals surface area contributed by atoms with E-state index in [1.807, 2.05) is 0 Å². The van der Waals surface area contributed by atoms with Crippen LogP contribution >= 0.6 is 0 Å². The zero-order valence-electron chi connectivity index (χ0n) is 25.0. The van der Waals surface area contributed by atoms with Crippen LogP contribution in [0.25, 0.3) is 0 Å². The fourth-order valence-corrected chi connectivity index (χ4v) is 10.4. The first kappa shape index (κ1) is 28.5. The van der Waals surface area contributed by atoms with Crippen LogP contribution in [0.1, 0.15) is 151 Å². The van der Waals surface area contributed by atoms with Gasteiger partial charge in [-0.2, -0.15) is 0 Å². The number of fused-ring (bicyclic) bond motifs is 5. The summed E-state index contributed by atoms with van der Waals surface area (Å²) in [7, 11) is 0. The molecule has 4 saturated carbocycles. The first-order chi connectivity index (χ1) is 17.2. The lowest BCUT2D eigenvalue weighted by Crippen LogP contribution is -2.58. The highest BCUT2D eigenvalue weighted by molar-refractivity contribution is 5.69. The van der Waals surface area contributed by atoms with Crippen LogP contribution in [0.3, 0.4) is 0 Å². The molecule has 4 rings (SSSR count). The Kier molecular flexibility index (Phi) is 9.58. The fraction of sp³-hybridized carbons (Fsp3) is 0.971. The fourth-order valence-electron chi connectivity index (χ4n) is 10.4. The van der Waals surface area contributed by atoms with E-state index in [0.717, 1.165) is 60.7 Å². The Hall–Kier alpha value is -0.530. The van der Waals surface area contributed by atoms with E-state index in [0.29, 0.717) is 11.8 Å². The number of esters is 1. The molecule has 4 fully saturated rings. The summed E-state index contributed by atoms with van der Waals surface area (Å²) in [6.45, 7) is 14.8. The van der Waals surface area contributed by atoms with Crippen molar-refractivity contribution in [1.29, 1.82) is 0 Å². The zero-order chi connectivity index (χ0) is 25.9. The predicted molar refractivity (Wildman–Crippen MR) is 152 cm³/mol. The van der Waals surface area contributed by atoms with E-state index in [2.05, 4.69) is 41.5 Å². The van der Waals surface area contributed by atoms with Crippen LogP contribution in [0.2, 0.25) is 0 Å². The van der Waals surface area contributed by atoms with Gasteiger partial charge in [0.15, 0.2) is 0 Å². The molecular formula is C34H60O2. The van der Waals surface area contributed by atoms with Gasteiger partial charge >= 0.3 is 5.97 Å². The van der Waals surface area contributed by atoms with Crippen LogP contribution in [0.4, 0.5) is 0 Å². The minimum absolute atomic E-state index is 0.0944. The Bertz CT molecular complexity index is 714. The van der Waals surface area contributed by atoms with Crippen molar-refractivity contribution in [1.82, 2.24) is 0 Å². The molecule has 2 heteroatoms. The third kappa shape index (κ3) is 5.59. The first-order valence-electron chi connectivity index (χ1n) is 16.4. The van der Waals surface area contributed by atoms with Crippen molar-refractivity contribution in [2.24, 2.45) is 52.3 Å². The number of ether oxygens (including phenoxy) is 1. The Morgan fingerprint density at radius 1 is 0.861 bits per heavy atom. The topological polar surface area (TPSA) is 26.3 Å². The molecule has 4 aliphatic rings.